The van der Waals surface area contributed by atoms with Crippen molar-refractivity contribution in [1.82, 2.24) is 9.55 Å². The molecule has 0 amide bonds. The summed E-state index contributed by atoms with van der Waals surface area (Å²) in [5, 5.41) is 0.869. The van der Waals surface area contributed by atoms with Gasteiger partial charge in [0.15, 0.2) is 0 Å². The first kappa shape index (κ1) is 16.1. The zero-order valence-corrected chi connectivity index (χ0v) is 14.4. The summed E-state index contributed by atoms with van der Waals surface area (Å²) in [6, 6.07) is 23.2. The van der Waals surface area contributed by atoms with Crippen LogP contribution in [0.2, 0.25) is 0 Å². The van der Waals surface area contributed by atoms with Crippen LogP contribution in [0.5, 0.6) is 0 Å². The molecule has 0 atom stereocenters. The monoisotopic (exact) mass is 342 g/mol. The van der Waals surface area contributed by atoms with Crippen LogP contribution in [0, 0.1) is 6.92 Å². The molecule has 2 heterocycles. The Morgan fingerprint density at radius 1 is 0.962 bits per heavy atom. The van der Waals surface area contributed by atoms with E-state index in [0.29, 0.717) is 5.56 Å². The first-order valence-corrected chi connectivity index (χ1v) is 8.48. The zero-order chi connectivity index (χ0) is 17.9. The molecule has 4 aromatic rings. The highest BCUT2D eigenvalue weighted by Gasteiger charge is 2.22. The van der Waals surface area contributed by atoms with Crippen LogP contribution in [0.1, 0.15) is 21.6 Å². The molecule has 0 fully saturated rings. The van der Waals surface area contributed by atoms with Gasteiger partial charge in [-0.3, -0.25) is 4.57 Å². The molecule has 0 aliphatic carbocycles. The summed E-state index contributed by atoms with van der Waals surface area (Å²) in [4.78, 5) is 17.3. The Labute approximate surface area is 151 Å². The van der Waals surface area contributed by atoms with Crippen LogP contribution in [-0.4, -0.2) is 15.5 Å². The fourth-order valence-electron chi connectivity index (χ4n) is 3.20. The molecule has 2 aromatic heterocycles. The largest absolute Gasteiger partial charge is 0.457 e. The van der Waals surface area contributed by atoms with Crippen LogP contribution in [-0.2, 0) is 11.3 Å². The molecule has 4 nitrogen and oxygen atoms in total. The van der Waals surface area contributed by atoms with Gasteiger partial charge >= 0.3 is 5.97 Å². The average Bonchev–Trinajstić information content (AvgIpc) is 2.99. The number of benzene rings is 2. The molecule has 26 heavy (non-hydrogen) atoms. The number of nitrogens with zero attached hydrogens (tertiary/aromatic N) is 2. The molecule has 0 spiro atoms. The summed E-state index contributed by atoms with van der Waals surface area (Å²) in [6.07, 6.45) is 1.75. The van der Waals surface area contributed by atoms with Crippen molar-refractivity contribution in [3.8, 4) is 5.82 Å². The minimum absolute atomic E-state index is 0.252. The average molecular weight is 342 g/mol. The van der Waals surface area contributed by atoms with Crippen LogP contribution in [0.15, 0.2) is 79.0 Å². The molecule has 4 rings (SSSR count). The van der Waals surface area contributed by atoms with Crippen molar-refractivity contribution in [2.24, 2.45) is 0 Å². The van der Waals surface area contributed by atoms with Crippen molar-refractivity contribution >= 4 is 16.9 Å². The van der Waals surface area contributed by atoms with E-state index in [1.165, 1.54) is 0 Å². The summed E-state index contributed by atoms with van der Waals surface area (Å²) >= 11 is 0. The molecule has 0 saturated heterocycles. The van der Waals surface area contributed by atoms with Gasteiger partial charge in [-0.1, -0.05) is 54.6 Å². The lowest BCUT2D eigenvalue weighted by molar-refractivity contribution is 0.0474. The lowest BCUT2D eigenvalue weighted by Gasteiger charge is -2.08. The maximum atomic E-state index is 12.8. The van der Waals surface area contributed by atoms with E-state index in [1.54, 1.807) is 6.20 Å². The molecule has 0 radical (unpaired) electrons. The topological polar surface area (TPSA) is 44.1 Å². The van der Waals surface area contributed by atoms with E-state index in [0.717, 1.165) is 28.0 Å². The lowest BCUT2D eigenvalue weighted by Crippen LogP contribution is -2.08. The Morgan fingerprint density at radius 3 is 2.46 bits per heavy atom. The third-order valence-corrected chi connectivity index (χ3v) is 4.41. The summed E-state index contributed by atoms with van der Waals surface area (Å²) in [7, 11) is 0. The van der Waals surface area contributed by atoms with Crippen LogP contribution in [0.4, 0.5) is 0 Å². The molecule has 0 aliphatic heterocycles. The summed E-state index contributed by atoms with van der Waals surface area (Å²) in [5.41, 5.74) is 3.31. The van der Waals surface area contributed by atoms with Gasteiger partial charge in [-0.2, -0.15) is 0 Å². The predicted octanol–water partition coefficient (Wildman–Crippen LogP) is 4.69. The maximum absolute atomic E-state index is 12.8. The second kappa shape index (κ2) is 6.84. The Bertz CT molecular complexity index is 1050. The van der Waals surface area contributed by atoms with Gasteiger partial charge in [0, 0.05) is 17.3 Å². The van der Waals surface area contributed by atoms with Crippen LogP contribution < -0.4 is 0 Å². The van der Waals surface area contributed by atoms with Gasteiger partial charge in [0.1, 0.15) is 12.4 Å². The van der Waals surface area contributed by atoms with Crippen molar-refractivity contribution in [3.63, 3.8) is 0 Å². The van der Waals surface area contributed by atoms with E-state index in [-0.39, 0.29) is 12.6 Å². The van der Waals surface area contributed by atoms with E-state index in [9.17, 15) is 4.79 Å². The molecule has 0 aliphatic rings. The summed E-state index contributed by atoms with van der Waals surface area (Å²) in [6.45, 7) is 2.18. The molecule has 0 N–H and O–H groups in total. The number of hydrogen-bond donors (Lipinski definition) is 0. The van der Waals surface area contributed by atoms with Gasteiger partial charge in [0.2, 0.25) is 0 Å². The molecule has 4 heteroatoms. The number of carbonyl (C=O) groups is 1. The Hall–Kier alpha value is -3.40. The number of fused-ring (bicyclic) bond motifs is 1. The quantitative estimate of drug-likeness (QED) is 0.505. The number of ether oxygens (including phenoxy) is 1. The van der Waals surface area contributed by atoms with Gasteiger partial charge in [-0.15, -0.1) is 0 Å². The minimum Gasteiger partial charge on any atom is -0.457 e. The third kappa shape index (κ3) is 2.86. The second-order valence-electron chi connectivity index (χ2n) is 6.06. The fourth-order valence-corrected chi connectivity index (χ4v) is 3.20. The Kier molecular flexibility index (Phi) is 4.23. The minimum atomic E-state index is -0.322. The zero-order valence-electron chi connectivity index (χ0n) is 14.4. The molecular weight excluding hydrogens is 324 g/mol. The SMILES string of the molecule is Cc1c(C(=O)OCc2ccccc2)c2ccccc2n1-c1ccccn1. The highest BCUT2D eigenvalue weighted by atomic mass is 16.5. The van der Waals surface area contributed by atoms with Crippen LogP contribution in [0.3, 0.4) is 0 Å². The summed E-state index contributed by atoms with van der Waals surface area (Å²) in [5.74, 6) is 0.459. The molecule has 0 bridgehead atoms. The van der Waals surface area contributed by atoms with Gasteiger partial charge in [-0.05, 0) is 30.7 Å². The number of para-hydroxylation sites is 1. The second-order valence-corrected chi connectivity index (χ2v) is 6.06. The van der Waals surface area contributed by atoms with E-state index >= 15 is 0 Å². The standard InChI is InChI=1S/C22H18N2O2/c1-16-21(22(25)26-15-17-9-3-2-4-10-17)18-11-5-6-12-19(18)24(16)20-13-7-8-14-23-20/h2-14H,15H2,1H3. The van der Waals surface area contributed by atoms with Crippen molar-refractivity contribution in [3.05, 3.63) is 95.8 Å². The third-order valence-electron chi connectivity index (χ3n) is 4.41. The van der Waals surface area contributed by atoms with Gasteiger partial charge < -0.3 is 4.74 Å². The Morgan fingerprint density at radius 2 is 1.69 bits per heavy atom. The van der Waals surface area contributed by atoms with Crippen molar-refractivity contribution in [2.45, 2.75) is 13.5 Å². The van der Waals surface area contributed by atoms with Crippen molar-refractivity contribution in [1.29, 1.82) is 0 Å². The molecule has 128 valence electrons. The lowest BCUT2D eigenvalue weighted by atomic mass is 10.1. The number of carbonyl (C=O) groups excluding carboxylic acids is 1. The predicted molar refractivity (Wildman–Crippen MR) is 101 cm³/mol. The summed E-state index contributed by atoms with van der Waals surface area (Å²) < 4.78 is 7.57. The van der Waals surface area contributed by atoms with Crippen LogP contribution in [0.25, 0.3) is 16.7 Å². The molecular formula is C22H18N2O2. The first-order valence-electron chi connectivity index (χ1n) is 8.48. The van der Waals surface area contributed by atoms with Crippen molar-refractivity contribution < 1.29 is 9.53 Å². The van der Waals surface area contributed by atoms with Crippen LogP contribution >= 0.6 is 0 Å². The normalized spacial score (nSPS) is 10.8. The van der Waals surface area contributed by atoms with Gasteiger partial charge in [0.25, 0.3) is 0 Å². The maximum Gasteiger partial charge on any atom is 0.340 e. The number of esters is 1. The number of hydrogen-bond acceptors (Lipinski definition) is 3. The van der Waals surface area contributed by atoms with E-state index < -0.39 is 0 Å². The molecule has 0 saturated carbocycles. The smallest absolute Gasteiger partial charge is 0.340 e. The number of rotatable bonds is 4. The van der Waals surface area contributed by atoms with Gasteiger partial charge in [0.05, 0.1) is 11.1 Å². The number of aromatic nitrogens is 2. The van der Waals surface area contributed by atoms with E-state index in [2.05, 4.69) is 4.98 Å². The fraction of sp³-hybridized carbons (Fsp3) is 0.0909. The van der Waals surface area contributed by atoms with E-state index in [1.807, 2.05) is 84.3 Å². The first-order chi connectivity index (χ1) is 12.8. The molecule has 2 aromatic carbocycles. The van der Waals surface area contributed by atoms with E-state index in [4.69, 9.17) is 4.74 Å². The van der Waals surface area contributed by atoms with Gasteiger partial charge in [-0.25, -0.2) is 9.78 Å². The highest BCUT2D eigenvalue weighted by Crippen LogP contribution is 2.29. The molecule has 0 unspecified atom stereocenters. The van der Waals surface area contributed by atoms with Crippen molar-refractivity contribution in [2.75, 3.05) is 0 Å². The Balaban J connectivity index is 1.76. The highest BCUT2D eigenvalue weighted by molar-refractivity contribution is 6.06. The number of pyridine rings is 1.